The second-order valence-corrected chi connectivity index (χ2v) is 6.82. The minimum Gasteiger partial charge on any atom is -0.575 e. The van der Waals surface area contributed by atoms with Gasteiger partial charge >= 0.3 is 14.1 Å². The number of benzene rings is 2. The summed E-state index contributed by atoms with van der Waals surface area (Å²) in [5.41, 5.74) is 0. The van der Waals surface area contributed by atoms with Crippen molar-refractivity contribution in [2.75, 3.05) is 0 Å². The third-order valence-electron chi connectivity index (χ3n) is 3.21. The maximum Gasteiger partial charge on any atom is 0.395 e. The predicted molar refractivity (Wildman–Crippen MR) is 89.8 cm³/mol. The van der Waals surface area contributed by atoms with E-state index in [1.165, 1.54) is 0 Å². The first-order valence-electron chi connectivity index (χ1n) is 7.14. The van der Waals surface area contributed by atoms with Crippen molar-refractivity contribution >= 4 is 36.5 Å². The zero-order valence-electron chi connectivity index (χ0n) is 12.8. The zero-order chi connectivity index (χ0) is 17.0. The number of aliphatic carboxylic acids is 1. The van der Waals surface area contributed by atoms with Gasteiger partial charge in [-0.25, -0.2) is 4.79 Å². The zero-order valence-corrected chi connectivity index (χ0v) is 14.4. The summed E-state index contributed by atoms with van der Waals surface area (Å²) in [6.45, 7) is 3.75. The lowest BCUT2D eigenvalue weighted by Crippen LogP contribution is -2.20. The molecule has 23 heavy (non-hydrogen) atoms. The molecule has 0 aliphatic heterocycles. The highest BCUT2D eigenvalue weighted by molar-refractivity contribution is 7.34. The largest absolute Gasteiger partial charge is 0.575 e. The quantitative estimate of drug-likeness (QED) is 0.788. The van der Waals surface area contributed by atoms with Gasteiger partial charge in [0.05, 0.1) is 5.02 Å². The average Bonchev–Trinajstić information content (AvgIpc) is 2.49. The molecule has 7 heteroatoms. The molecule has 2 aromatic rings. The molecular weight excluding hydrogens is 337 g/mol. The van der Waals surface area contributed by atoms with Gasteiger partial charge in [-0.2, -0.15) is 0 Å². The van der Waals surface area contributed by atoms with Crippen molar-refractivity contribution in [1.29, 1.82) is 0 Å². The molecule has 0 aliphatic carbocycles. The first-order chi connectivity index (χ1) is 10.9. The van der Waals surface area contributed by atoms with E-state index in [0.717, 1.165) is 5.39 Å². The SMILES string of the molecule is CC(C)CC(N=[P+]([O-])Oc1c(Cl)ccc2ccccc12)C(=O)O. The van der Waals surface area contributed by atoms with Crippen LogP contribution in [0.2, 0.25) is 5.02 Å². The summed E-state index contributed by atoms with van der Waals surface area (Å²) in [7, 11) is -2.54. The van der Waals surface area contributed by atoms with Crippen molar-refractivity contribution < 1.29 is 19.3 Å². The van der Waals surface area contributed by atoms with Gasteiger partial charge in [-0.15, -0.1) is 0 Å². The van der Waals surface area contributed by atoms with E-state index in [2.05, 4.69) is 4.74 Å². The van der Waals surface area contributed by atoms with E-state index < -0.39 is 20.2 Å². The van der Waals surface area contributed by atoms with Crippen molar-refractivity contribution in [3.8, 4) is 5.75 Å². The smallest absolute Gasteiger partial charge is 0.395 e. The third-order valence-corrected chi connectivity index (χ3v) is 4.32. The summed E-state index contributed by atoms with van der Waals surface area (Å²) in [6.07, 6.45) is 0.295. The van der Waals surface area contributed by atoms with E-state index in [1.807, 2.05) is 38.1 Å². The molecule has 1 N–H and O–H groups in total. The summed E-state index contributed by atoms with van der Waals surface area (Å²) >= 11 is 6.12. The fourth-order valence-corrected chi connectivity index (χ4v) is 3.25. The molecule has 122 valence electrons. The Morgan fingerprint density at radius 3 is 2.70 bits per heavy atom. The van der Waals surface area contributed by atoms with E-state index in [1.54, 1.807) is 12.1 Å². The van der Waals surface area contributed by atoms with E-state index in [9.17, 15) is 9.69 Å². The van der Waals surface area contributed by atoms with Crippen LogP contribution in [0.25, 0.3) is 10.8 Å². The van der Waals surface area contributed by atoms with Crippen molar-refractivity contribution in [2.45, 2.75) is 26.3 Å². The van der Waals surface area contributed by atoms with Gasteiger partial charge in [0.15, 0.2) is 6.04 Å². The predicted octanol–water partition coefficient (Wildman–Crippen LogP) is 4.23. The van der Waals surface area contributed by atoms with Crippen LogP contribution in [0, 0.1) is 5.92 Å². The fraction of sp³-hybridized carbons (Fsp3) is 0.312. The standard InChI is InChI=1S/C16H17ClNO4P/c1-10(2)9-14(16(19)20)18-23(21)22-15-12-6-4-3-5-11(12)7-8-13(15)17/h3-8,10,14H,9H2,1-2H3,(H,19,20). The van der Waals surface area contributed by atoms with Gasteiger partial charge in [-0.05, 0) is 23.8 Å². The number of carboxylic acids is 1. The van der Waals surface area contributed by atoms with Crippen LogP contribution in [0.4, 0.5) is 0 Å². The van der Waals surface area contributed by atoms with Crippen LogP contribution in [0.1, 0.15) is 20.3 Å². The molecule has 5 nitrogen and oxygen atoms in total. The summed E-state index contributed by atoms with van der Waals surface area (Å²) in [5, 5.41) is 11.0. The molecule has 0 radical (unpaired) electrons. The Morgan fingerprint density at radius 2 is 2.04 bits per heavy atom. The molecule has 0 saturated carbocycles. The highest BCUT2D eigenvalue weighted by atomic mass is 35.5. The monoisotopic (exact) mass is 353 g/mol. The van der Waals surface area contributed by atoms with E-state index in [0.29, 0.717) is 16.8 Å². The Labute approximate surface area is 140 Å². The second-order valence-electron chi connectivity index (χ2n) is 5.53. The van der Waals surface area contributed by atoms with Crippen molar-refractivity contribution in [2.24, 2.45) is 10.7 Å². The Kier molecular flexibility index (Phi) is 5.94. The average molecular weight is 354 g/mol. The molecule has 2 aromatic carbocycles. The van der Waals surface area contributed by atoms with Crippen LogP contribution in [-0.4, -0.2) is 17.1 Å². The molecule has 0 fully saturated rings. The minimum absolute atomic E-state index is 0.115. The summed E-state index contributed by atoms with van der Waals surface area (Å²) in [5.74, 6) is -0.748. The van der Waals surface area contributed by atoms with Gasteiger partial charge < -0.3 is 10.00 Å². The Bertz CT molecular complexity index is 748. The number of hydrogen-bond acceptors (Lipinski definition) is 4. The molecule has 0 bridgehead atoms. The second kappa shape index (κ2) is 7.73. The first-order valence-corrected chi connectivity index (χ1v) is 8.65. The lowest BCUT2D eigenvalue weighted by Gasteiger charge is -2.09. The fourth-order valence-electron chi connectivity index (χ4n) is 2.17. The normalized spacial score (nSPS) is 13.3. The molecule has 0 saturated heterocycles. The van der Waals surface area contributed by atoms with Gasteiger partial charge in [-0.1, -0.05) is 60.5 Å². The number of fused-ring (bicyclic) bond motifs is 1. The van der Waals surface area contributed by atoms with E-state index >= 15 is 0 Å². The maximum absolute atomic E-state index is 12.1. The van der Waals surface area contributed by atoms with Crippen molar-refractivity contribution in [3.05, 3.63) is 41.4 Å². The number of hydrogen-bond donors (Lipinski definition) is 1. The van der Waals surface area contributed by atoms with Gasteiger partial charge in [0.2, 0.25) is 5.75 Å². The van der Waals surface area contributed by atoms with Gasteiger partial charge in [0.1, 0.15) is 0 Å². The Hall–Kier alpha value is -1.68. The number of rotatable bonds is 6. The van der Waals surface area contributed by atoms with Crippen LogP contribution in [-0.2, 0) is 4.79 Å². The lowest BCUT2D eigenvalue weighted by molar-refractivity contribution is -0.169. The summed E-state index contributed by atoms with van der Waals surface area (Å²) < 4.78 is 9.16. The first kappa shape index (κ1) is 17.7. The Morgan fingerprint density at radius 1 is 1.35 bits per heavy atom. The lowest BCUT2D eigenvalue weighted by atomic mass is 10.1. The minimum atomic E-state index is -2.54. The molecule has 2 atom stereocenters. The number of carbonyl (C=O) groups is 1. The van der Waals surface area contributed by atoms with Crippen LogP contribution in [0.15, 0.2) is 41.1 Å². The molecular formula is C16H17ClNO4P. The molecule has 0 heterocycles. The van der Waals surface area contributed by atoms with Crippen molar-refractivity contribution in [1.82, 2.24) is 0 Å². The highest BCUT2D eigenvalue weighted by Gasteiger charge is 2.23. The molecule has 0 aromatic heterocycles. The summed E-state index contributed by atoms with van der Waals surface area (Å²) in [6, 6.07) is 9.76. The maximum atomic E-state index is 12.1. The summed E-state index contributed by atoms with van der Waals surface area (Å²) in [4.78, 5) is 23.3. The molecule has 0 aliphatic rings. The van der Waals surface area contributed by atoms with Crippen molar-refractivity contribution in [3.63, 3.8) is 0 Å². The van der Waals surface area contributed by atoms with Crippen LogP contribution >= 0.6 is 19.8 Å². The molecule has 0 spiro atoms. The van der Waals surface area contributed by atoms with E-state index in [-0.39, 0.29) is 11.7 Å². The molecule has 2 unspecified atom stereocenters. The highest BCUT2D eigenvalue weighted by Crippen LogP contribution is 2.38. The third kappa shape index (κ3) is 4.64. The molecule has 2 rings (SSSR count). The number of carboxylic acid groups (broad SMARTS) is 1. The number of halogens is 1. The Balaban J connectivity index is 2.32. The van der Waals surface area contributed by atoms with E-state index in [4.69, 9.17) is 21.2 Å². The van der Waals surface area contributed by atoms with Gasteiger partial charge in [-0.3, -0.25) is 4.52 Å². The van der Waals surface area contributed by atoms with Gasteiger partial charge in [0, 0.05) is 5.39 Å². The molecule has 0 amide bonds. The van der Waals surface area contributed by atoms with Gasteiger partial charge in [0.25, 0.3) is 0 Å². The topological polar surface area (TPSA) is 82.0 Å². The van der Waals surface area contributed by atoms with Crippen LogP contribution < -0.4 is 9.42 Å². The number of nitrogens with zero attached hydrogens (tertiary/aromatic N) is 1. The van der Waals surface area contributed by atoms with Crippen LogP contribution in [0.3, 0.4) is 0 Å². The van der Waals surface area contributed by atoms with Crippen LogP contribution in [0.5, 0.6) is 5.75 Å².